The van der Waals surface area contributed by atoms with Gasteiger partial charge in [-0.25, -0.2) is 9.67 Å². The van der Waals surface area contributed by atoms with E-state index in [9.17, 15) is 4.79 Å². The minimum atomic E-state index is -0.0934. The Hall–Kier alpha value is -3.33. The van der Waals surface area contributed by atoms with Gasteiger partial charge < -0.3 is 14.2 Å². The number of hydrogen-bond donors (Lipinski definition) is 0. The number of morpholine rings is 1. The van der Waals surface area contributed by atoms with Crippen LogP contribution in [0.4, 0.5) is 5.82 Å². The number of nitrogens with zero attached hydrogens (tertiary/aromatic N) is 7. The first-order chi connectivity index (χ1) is 14.2. The van der Waals surface area contributed by atoms with E-state index in [0.29, 0.717) is 61.6 Å². The number of imidazole rings is 1. The summed E-state index contributed by atoms with van der Waals surface area (Å²) < 4.78 is 9.03. The summed E-state index contributed by atoms with van der Waals surface area (Å²) in [6.07, 6.45) is 1.91. The van der Waals surface area contributed by atoms with Crippen molar-refractivity contribution in [3.63, 3.8) is 0 Å². The third kappa shape index (κ3) is 2.94. The number of benzene rings is 1. The van der Waals surface area contributed by atoms with E-state index < -0.39 is 0 Å². The van der Waals surface area contributed by atoms with Gasteiger partial charge in [0.05, 0.1) is 18.7 Å². The van der Waals surface area contributed by atoms with Crippen LogP contribution in [-0.4, -0.2) is 61.4 Å². The Labute approximate surface area is 166 Å². The lowest BCUT2D eigenvalue weighted by Gasteiger charge is -2.28. The van der Waals surface area contributed by atoms with Gasteiger partial charge in [0.2, 0.25) is 0 Å². The van der Waals surface area contributed by atoms with Crippen LogP contribution in [0.1, 0.15) is 24.5 Å². The maximum atomic E-state index is 12.2. The molecule has 0 amide bonds. The van der Waals surface area contributed by atoms with E-state index >= 15 is 0 Å². The molecule has 4 heterocycles. The summed E-state index contributed by atoms with van der Waals surface area (Å²) >= 11 is 0. The van der Waals surface area contributed by atoms with Crippen molar-refractivity contribution in [2.45, 2.75) is 20.4 Å². The Bertz CT molecular complexity index is 1190. The number of carbonyl (C=O) groups is 1. The topological polar surface area (TPSA) is 91.0 Å². The molecule has 1 aliphatic rings. The lowest BCUT2D eigenvalue weighted by atomic mass is 10.3. The predicted molar refractivity (Wildman–Crippen MR) is 109 cm³/mol. The summed E-state index contributed by atoms with van der Waals surface area (Å²) in [5.74, 6) is 1.47. The third-order valence-corrected chi connectivity index (χ3v) is 5.12. The van der Waals surface area contributed by atoms with Crippen molar-refractivity contribution in [2.75, 3.05) is 31.2 Å². The Morgan fingerprint density at radius 1 is 1.14 bits per heavy atom. The van der Waals surface area contributed by atoms with Crippen molar-refractivity contribution in [2.24, 2.45) is 0 Å². The van der Waals surface area contributed by atoms with Gasteiger partial charge in [-0.05, 0) is 13.0 Å². The molecular weight excluding hydrogens is 370 g/mol. The first kappa shape index (κ1) is 17.7. The summed E-state index contributed by atoms with van der Waals surface area (Å²) in [6.45, 7) is 6.76. The molecule has 0 unspecified atom stereocenters. The summed E-state index contributed by atoms with van der Waals surface area (Å²) in [5.41, 5.74) is 2.15. The molecule has 1 fully saturated rings. The number of Topliss-reactive ketones (excluding diaryl/α,β-unsaturated/α-hetero) is 1. The average molecular weight is 391 g/mol. The second-order valence-corrected chi connectivity index (χ2v) is 6.99. The van der Waals surface area contributed by atoms with E-state index in [4.69, 9.17) is 14.7 Å². The highest BCUT2D eigenvalue weighted by Gasteiger charge is 2.24. The SMILES string of the molecule is CCn1c(C(C)=O)nc2c(N3CCOCC3)nc(-n3cc4ccccc4n3)nc21. The first-order valence-corrected chi connectivity index (χ1v) is 9.72. The quantitative estimate of drug-likeness (QED) is 0.493. The Morgan fingerprint density at radius 2 is 1.93 bits per heavy atom. The lowest BCUT2D eigenvalue weighted by Crippen LogP contribution is -2.37. The fourth-order valence-electron chi connectivity index (χ4n) is 3.71. The lowest BCUT2D eigenvalue weighted by molar-refractivity contribution is 0.1000. The number of aromatic nitrogens is 6. The first-order valence-electron chi connectivity index (χ1n) is 9.72. The second kappa shape index (κ2) is 6.93. The maximum absolute atomic E-state index is 12.2. The van der Waals surface area contributed by atoms with Crippen molar-refractivity contribution in [3.05, 3.63) is 36.3 Å². The third-order valence-electron chi connectivity index (χ3n) is 5.12. The zero-order valence-corrected chi connectivity index (χ0v) is 16.4. The Morgan fingerprint density at radius 3 is 2.66 bits per heavy atom. The molecular formula is C20H21N7O2. The highest BCUT2D eigenvalue weighted by atomic mass is 16.5. The maximum Gasteiger partial charge on any atom is 0.254 e. The van der Waals surface area contributed by atoms with Crippen LogP contribution in [0.25, 0.3) is 28.0 Å². The van der Waals surface area contributed by atoms with Gasteiger partial charge >= 0.3 is 0 Å². The number of hydrogen-bond acceptors (Lipinski definition) is 7. The summed E-state index contributed by atoms with van der Waals surface area (Å²) in [6, 6.07) is 7.89. The number of fused-ring (bicyclic) bond motifs is 2. The van der Waals surface area contributed by atoms with Crippen LogP contribution < -0.4 is 4.90 Å². The zero-order chi connectivity index (χ0) is 20.0. The van der Waals surface area contributed by atoms with Crippen LogP contribution >= 0.6 is 0 Å². The standard InChI is InChI=1S/C20H21N7O2/c1-3-26-17(13(2)28)21-16-18(25-8-10-29-11-9-25)22-20(23-19(16)26)27-12-14-6-4-5-7-15(14)24-27/h4-7,12H,3,8-11H2,1-2H3. The fraction of sp³-hybridized carbons (Fsp3) is 0.350. The second-order valence-electron chi connectivity index (χ2n) is 6.99. The van der Waals surface area contributed by atoms with Crippen molar-refractivity contribution < 1.29 is 9.53 Å². The zero-order valence-electron chi connectivity index (χ0n) is 16.4. The minimum Gasteiger partial charge on any atom is -0.378 e. The van der Waals surface area contributed by atoms with E-state index in [1.165, 1.54) is 6.92 Å². The molecule has 5 rings (SSSR count). The molecule has 0 radical (unpaired) electrons. The van der Waals surface area contributed by atoms with Crippen molar-refractivity contribution >= 4 is 33.7 Å². The molecule has 0 spiro atoms. The smallest absolute Gasteiger partial charge is 0.254 e. The molecule has 148 valence electrons. The predicted octanol–water partition coefficient (Wildman–Crippen LogP) is 2.22. The Kier molecular flexibility index (Phi) is 4.24. The number of carbonyl (C=O) groups excluding carboxylic acids is 1. The number of ketones is 1. The molecule has 0 atom stereocenters. The number of aryl methyl sites for hydroxylation is 1. The molecule has 1 aromatic carbocycles. The molecule has 29 heavy (non-hydrogen) atoms. The van der Waals surface area contributed by atoms with Crippen LogP contribution in [0.2, 0.25) is 0 Å². The van der Waals surface area contributed by atoms with Crippen LogP contribution in [0, 0.1) is 0 Å². The normalized spacial score (nSPS) is 14.8. The molecule has 9 nitrogen and oxygen atoms in total. The summed E-state index contributed by atoms with van der Waals surface area (Å²) in [7, 11) is 0. The van der Waals surface area contributed by atoms with Gasteiger partial charge in [-0.2, -0.15) is 15.1 Å². The monoisotopic (exact) mass is 391 g/mol. The van der Waals surface area contributed by atoms with Crippen LogP contribution in [0.5, 0.6) is 0 Å². The molecule has 0 aliphatic carbocycles. The fourth-order valence-corrected chi connectivity index (χ4v) is 3.71. The average Bonchev–Trinajstić information content (AvgIpc) is 3.35. The van der Waals surface area contributed by atoms with E-state index in [0.717, 1.165) is 10.9 Å². The summed E-state index contributed by atoms with van der Waals surface area (Å²) in [4.78, 5) is 28.5. The Balaban J connectivity index is 1.76. The van der Waals surface area contributed by atoms with Crippen molar-refractivity contribution in [1.82, 2.24) is 29.3 Å². The molecule has 9 heteroatoms. The van der Waals surface area contributed by atoms with Crippen molar-refractivity contribution in [3.8, 4) is 5.95 Å². The van der Waals surface area contributed by atoms with Gasteiger partial charge in [0.1, 0.15) is 0 Å². The number of ether oxygens (including phenoxy) is 1. The van der Waals surface area contributed by atoms with Gasteiger partial charge in [-0.1, -0.05) is 18.2 Å². The highest BCUT2D eigenvalue weighted by Crippen LogP contribution is 2.27. The number of rotatable bonds is 4. The van der Waals surface area contributed by atoms with Gasteiger partial charge in [0, 0.05) is 38.1 Å². The molecule has 3 aromatic heterocycles. The number of anilines is 1. The summed E-state index contributed by atoms with van der Waals surface area (Å²) in [5, 5.41) is 5.64. The van der Waals surface area contributed by atoms with E-state index in [-0.39, 0.29) is 5.78 Å². The van der Waals surface area contributed by atoms with Gasteiger partial charge in [-0.3, -0.25) is 4.79 Å². The van der Waals surface area contributed by atoms with Crippen molar-refractivity contribution in [1.29, 1.82) is 0 Å². The van der Waals surface area contributed by atoms with Gasteiger partial charge in [0.15, 0.2) is 28.6 Å². The molecule has 0 N–H and O–H groups in total. The van der Waals surface area contributed by atoms with E-state index in [1.54, 1.807) is 4.68 Å². The minimum absolute atomic E-state index is 0.0934. The van der Waals surface area contributed by atoms with Crippen LogP contribution in [0.15, 0.2) is 30.5 Å². The molecule has 1 aliphatic heterocycles. The largest absolute Gasteiger partial charge is 0.378 e. The molecule has 4 aromatic rings. The van der Waals surface area contributed by atoms with Gasteiger partial charge in [-0.15, -0.1) is 0 Å². The van der Waals surface area contributed by atoms with Crippen LogP contribution in [0.3, 0.4) is 0 Å². The molecule has 1 saturated heterocycles. The highest BCUT2D eigenvalue weighted by molar-refractivity contribution is 5.96. The van der Waals surface area contributed by atoms with E-state index in [2.05, 4.69) is 15.0 Å². The van der Waals surface area contributed by atoms with Gasteiger partial charge in [0.25, 0.3) is 5.95 Å². The van der Waals surface area contributed by atoms with Crippen LogP contribution in [-0.2, 0) is 11.3 Å². The molecule has 0 saturated carbocycles. The molecule has 0 bridgehead atoms. The van der Waals surface area contributed by atoms with E-state index in [1.807, 2.05) is 42.0 Å².